The SMILES string of the molecule is c1cc(NC2CCCCC2)ccn1. The van der Waals surface area contributed by atoms with E-state index in [-0.39, 0.29) is 0 Å². The van der Waals surface area contributed by atoms with Crippen LogP contribution in [-0.4, -0.2) is 11.0 Å². The van der Waals surface area contributed by atoms with E-state index in [9.17, 15) is 0 Å². The van der Waals surface area contributed by atoms with E-state index < -0.39 is 0 Å². The second-order valence-electron chi connectivity index (χ2n) is 3.72. The van der Waals surface area contributed by atoms with Gasteiger partial charge in [-0.15, -0.1) is 0 Å². The molecule has 1 aliphatic carbocycles. The number of hydrogen-bond acceptors (Lipinski definition) is 2. The highest BCUT2D eigenvalue weighted by atomic mass is 14.9. The second kappa shape index (κ2) is 4.26. The lowest BCUT2D eigenvalue weighted by atomic mass is 9.95. The summed E-state index contributed by atoms with van der Waals surface area (Å²) in [5.74, 6) is 0. The van der Waals surface area contributed by atoms with Gasteiger partial charge in [0.1, 0.15) is 0 Å². The van der Waals surface area contributed by atoms with E-state index in [1.54, 1.807) is 0 Å². The number of anilines is 1. The number of pyridine rings is 1. The molecular weight excluding hydrogens is 160 g/mol. The van der Waals surface area contributed by atoms with Gasteiger partial charge in [0, 0.05) is 24.1 Å². The van der Waals surface area contributed by atoms with E-state index in [0.29, 0.717) is 6.04 Å². The van der Waals surface area contributed by atoms with Crippen LogP contribution in [-0.2, 0) is 0 Å². The van der Waals surface area contributed by atoms with Crippen molar-refractivity contribution in [3.63, 3.8) is 0 Å². The maximum atomic E-state index is 4.00. The number of rotatable bonds is 2. The van der Waals surface area contributed by atoms with Gasteiger partial charge in [0.15, 0.2) is 0 Å². The molecule has 1 saturated carbocycles. The minimum Gasteiger partial charge on any atom is -0.382 e. The van der Waals surface area contributed by atoms with Crippen molar-refractivity contribution in [2.45, 2.75) is 38.1 Å². The first-order valence-corrected chi connectivity index (χ1v) is 5.12. The first-order valence-electron chi connectivity index (χ1n) is 5.12. The molecule has 2 nitrogen and oxygen atoms in total. The summed E-state index contributed by atoms with van der Waals surface area (Å²) in [5, 5.41) is 3.54. The number of aromatic nitrogens is 1. The Morgan fingerprint density at radius 1 is 1.08 bits per heavy atom. The van der Waals surface area contributed by atoms with Gasteiger partial charge < -0.3 is 5.32 Å². The van der Waals surface area contributed by atoms with Crippen LogP contribution < -0.4 is 5.32 Å². The largest absolute Gasteiger partial charge is 0.382 e. The van der Waals surface area contributed by atoms with E-state index in [4.69, 9.17) is 0 Å². The average Bonchev–Trinajstić information content (AvgIpc) is 2.21. The molecule has 1 aromatic heterocycles. The van der Waals surface area contributed by atoms with Crippen molar-refractivity contribution in [3.05, 3.63) is 24.5 Å². The molecule has 2 rings (SSSR count). The lowest BCUT2D eigenvalue weighted by molar-refractivity contribution is 0.463. The Bertz CT molecular complexity index is 240. The lowest BCUT2D eigenvalue weighted by Gasteiger charge is -2.23. The van der Waals surface area contributed by atoms with Crippen molar-refractivity contribution >= 4 is 5.69 Å². The fraction of sp³-hybridized carbons (Fsp3) is 0.545. The summed E-state index contributed by atoms with van der Waals surface area (Å²) in [6, 6.07) is 4.76. The Kier molecular flexibility index (Phi) is 2.80. The van der Waals surface area contributed by atoms with Crippen molar-refractivity contribution in [2.24, 2.45) is 0 Å². The Hall–Kier alpha value is -1.05. The van der Waals surface area contributed by atoms with Crippen molar-refractivity contribution in [3.8, 4) is 0 Å². The molecule has 0 saturated heterocycles. The molecule has 0 spiro atoms. The molecule has 0 aliphatic heterocycles. The lowest BCUT2D eigenvalue weighted by Crippen LogP contribution is -2.22. The Morgan fingerprint density at radius 3 is 2.46 bits per heavy atom. The maximum absolute atomic E-state index is 4.00. The van der Waals surface area contributed by atoms with Crippen LogP contribution in [0.3, 0.4) is 0 Å². The molecule has 0 unspecified atom stereocenters. The first kappa shape index (κ1) is 8.54. The topological polar surface area (TPSA) is 24.9 Å². The maximum Gasteiger partial charge on any atom is 0.0373 e. The molecule has 0 aromatic carbocycles. The Labute approximate surface area is 79.4 Å². The van der Waals surface area contributed by atoms with Gasteiger partial charge in [0.2, 0.25) is 0 Å². The predicted molar refractivity (Wildman–Crippen MR) is 54.7 cm³/mol. The van der Waals surface area contributed by atoms with Crippen LogP contribution in [0, 0.1) is 0 Å². The van der Waals surface area contributed by atoms with Crippen molar-refractivity contribution in [1.29, 1.82) is 0 Å². The molecular formula is C11H16N2. The van der Waals surface area contributed by atoms with Crippen LogP contribution in [0.5, 0.6) is 0 Å². The second-order valence-corrected chi connectivity index (χ2v) is 3.72. The molecule has 70 valence electrons. The molecule has 0 amide bonds. The molecule has 13 heavy (non-hydrogen) atoms. The normalized spacial score (nSPS) is 18.5. The predicted octanol–water partition coefficient (Wildman–Crippen LogP) is 2.83. The quantitative estimate of drug-likeness (QED) is 0.749. The van der Waals surface area contributed by atoms with Gasteiger partial charge in [0.25, 0.3) is 0 Å². The molecule has 0 atom stereocenters. The summed E-state index contributed by atoms with van der Waals surface area (Å²) in [7, 11) is 0. The van der Waals surface area contributed by atoms with Crippen molar-refractivity contribution < 1.29 is 0 Å². The van der Waals surface area contributed by atoms with Gasteiger partial charge in [-0.1, -0.05) is 19.3 Å². The number of hydrogen-bond donors (Lipinski definition) is 1. The van der Waals surface area contributed by atoms with Gasteiger partial charge in [-0.2, -0.15) is 0 Å². The summed E-state index contributed by atoms with van der Waals surface area (Å²) in [4.78, 5) is 4.00. The molecule has 2 heteroatoms. The molecule has 1 fully saturated rings. The number of nitrogens with zero attached hydrogens (tertiary/aromatic N) is 1. The van der Waals surface area contributed by atoms with Gasteiger partial charge >= 0.3 is 0 Å². The summed E-state index contributed by atoms with van der Waals surface area (Å²) in [5.41, 5.74) is 1.21. The summed E-state index contributed by atoms with van der Waals surface area (Å²) >= 11 is 0. The zero-order chi connectivity index (χ0) is 8.93. The van der Waals surface area contributed by atoms with Crippen LogP contribution >= 0.6 is 0 Å². The van der Waals surface area contributed by atoms with E-state index in [0.717, 1.165) is 0 Å². The third kappa shape index (κ3) is 2.44. The smallest absolute Gasteiger partial charge is 0.0373 e. The zero-order valence-corrected chi connectivity index (χ0v) is 7.87. The monoisotopic (exact) mass is 176 g/mol. The fourth-order valence-corrected chi connectivity index (χ4v) is 1.93. The van der Waals surface area contributed by atoms with Gasteiger partial charge in [-0.3, -0.25) is 4.98 Å². The standard InChI is InChI=1S/C11H16N2/c1-2-4-10(5-3-1)13-11-6-8-12-9-7-11/h6-10H,1-5H2,(H,12,13). The van der Waals surface area contributed by atoms with E-state index in [1.807, 2.05) is 24.5 Å². The first-order chi connectivity index (χ1) is 6.45. The summed E-state index contributed by atoms with van der Waals surface area (Å²) in [6.07, 6.45) is 10.5. The Morgan fingerprint density at radius 2 is 1.77 bits per heavy atom. The third-order valence-corrected chi connectivity index (χ3v) is 2.66. The minimum atomic E-state index is 0.691. The van der Waals surface area contributed by atoms with E-state index in [2.05, 4.69) is 10.3 Å². The number of nitrogens with one attached hydrogen (secondary N) is 1. The van der Waals surface area contributed by atoms with Crippen LogP contribution in [0.25, 0.3) is 0 Å². The molecule has 1 N–H and O–H groups in total. The molecule has 1 heterocycles. The van der Waals surface area contributed by atoms with Crippen molar-refractivity contribution in [2.75, 3.05) is 5.32 Å². The van der Waals surface area contributed by atoms with Crippen LogP contribution in [0.4, 0.5) is 5.69 Å². The van der Waals surface area contributed by atoms with E-state index in [1.165, 1.54) is 37.8 Å². The summed E-state index contributed by atoms with van der Waals surface area (Å²) in [6.45, 7) is 0. The van der Waals surface area contributed by atoms with Crippen LogP contribution in [0.1, 0.15) is 32.1 Å². The minimum absolute atomic E-state index is 0.691. The highest BCUT2D eigenvalue weighted by Gasteiger charge is 2.12. The zero-order valence-electron chi connectivity index (χ0n) is 7.87. The molecule has 1 aromatic rings. The van der Waals surface area contributed by atoms with E-state index >= 15 is 0 Å². The van der Waals surface area contributed by atoms with Crippen LogP contribution in [0.15, 0.2) is 24.5 Å². The van der Waals surface area contributed by atoms with Gasteiger partial charge in [-0.25, -0.2) is 0 Å². The average molecular weight is 176 g/mol. The highest BCUT2D eigenvalue weighted by Crippen LogP contribution is 2.20. The Balaban J connectivity index is 1.90. The van der Waals surface area contributed by atoms with Gasteiger partial charge in [-0.05, 0) is 25.0 Å². The van der Waals surface area contributed by atoms with Crippen LogP contribution in [0.2, 0.25) is 0 Å². The fourth-order valence-electron chi connectivity index (χ4n) is 1.93. The molecule has 0 bridgehead atoms. The van der Waals surface area contributed by atoms with Gasteiger partial charge in [0.05, 0.1) is 0 Å². The van der Waals surface area contributed by atoms with Crippen molar-refractivity contribution in [1.82, 2.24) is 4.98 Å². The molecule has 0 radical (unpaired) electrons. The molecule has 1 aliphatic rings. The third-order valence-electron chi connectivity index (χ3n) is 2.66. The summed E-state index contributed by atoms with van der Waals surface area (Å²) < 4.78 is 0. The highest BCUT2D eigenvalue weighted by molar-refractivity contribution is 5.41.